The van der Waals surface area contributed by atoms with Gasteiger partial charge in [-0.05, 0) is 44.8 Å². The summed E-state index contributed by atoms with van der Waals surface area (Å²) in [7, 11) is 0. The minimum Gasteiger partial charge on any atom is -0.466 e. The molecular weight excluding hydrogens is 356 g/mol. The van der Waals surface area contributed by atoms with Crippen molar-refractivity contribution in [3.8, 4) is 0 Å². The summed E-state index contributed by atoms with van der Waals surface area (Å²) in [6, 6.07) is 16.9. The standard InChI is InChI=1S/C22H26N2O4/c1-2-28-21(25)22(16-18-8-4-3-5-9-18)12-14-23(15-13-22)17-19-10-6-7-11-20(19)24(26)27/h3-11H,2,12-17H2,1H3. The maximum Gasteiger partial charge on any atom is 0.312 e. The molecule has 0 aliphatic carbocycles. The van der Waals surface area contributed by atoms with Gasteiger partial charge in [-0.25, -0.2) is 0 Å². The summed E-state index contributed by atoms with van der Waals surface area (Å²) in [4.78, 5) is 25.9. The first-order chi connectivity index (χ1) is 13.5. The zero-order valence-corrected chi connectivity index (χ0v) is 16.2. The van der Waals surface area contributed by atoms with Gasteiger partial charge in [0.25, 0.3) is 5.69 Å². The van der Waals surface area contributed by atoms with Crippen LogP contribution in [0.15, 0.2) is 54.6 Å². The van der Waals surface area contributed by atoms with Crippen LogP contribution in [0.25, 0.3) is 0 Å². The third kappa shape index (κ3) is 4.57. The molecule has 0 saturated carbocycles. The number of nitro benzene ring substituents is 1. The average molecular weight is 382 g/mol. The van der Waals surface area contributed by atoms with Gasteiger partial charge in [-0.2, -0.15) is 0 Å². The van der Waals surface area contributed by atoms with Crippen molar-refractivity contribution < 1.29 is 14.5 Å². The second-order valence-electron chi connectivity index (χ2n) is 7.33. The summed E-state index contributed by atoms with van der Waals surface area (Å²) >= 11 is 0. The number of ether oxygens (including phenoxy) is 1. The molecule has 6 nitrogen and oxygen atoms in total. The number of para-hydroxylation sites is 1. The number of hydrogen-bond donors (Lipinski definition) is 0. The molecule has 0 amide bonds. The molecule has 1 aliphatic rings. The van der Waals surface area contributed by atoms with Gasteiger partial charge in [-0.3, -0.25) is 19.8 Å². The monoisotopic (exact) mass is 382 g/mol. The number of benzene rings is 2. The highest BCUT2D eigenvalue weighted by molar-refractivity contribution is 5.77. The fourth-order valence-electron chi connectivity index (χ4n) is 3.93. The number of carbonyl (C=O) groups is 1. The van der Waals surface area contributed by atoms with Gasteiger partial charge >= 0.3 is 5.97 Å². The first-order valence-electron chi connectivity index (χ1n) is 9.70. The van der Waals surface area contributed by atoms with Gasteiger partial charge in [-0.1, -0.05) is 48.5 Å². The second kappa shape index (κ2) is 8.97. The Morgan fingerprint density at radius 1 is 1.11 bits per heavy atom. The van der Waals surface area contributed by atoms with Crippen LogP contribution in [0.3, 0.4) is 0 Å². The number of nitrogens with zero attached hydrogens (tertiary/aromatic N) is 2. The van der Waals surface area contributed by atoms with Crippen molar-refractivity contribution in [3.63, 3.8) is 0 Å². The van der Waals surface area contributed by atoms with Crippen molar-refractivity contribution in [1.29, 1.82) is 0 Å². The SMILES string of the molecule is CCOC(=O)C1(Cc2ccccc2)CCN(Cc2ccccc2[N+](=O)[O-])CC1. The number of piperidine rings is 1. The van der Waals surface area contributed by atoms with Crippen LogP contribution in [0.5, 0.6) is 0 Å². The van der Waals surface area contributed by atoms with Gasteiger partial charge < -0.3 is 4.74 Å². The van der Waals surface area contributed by atoms with E-state index in [9.17, 15) is 14.9 Å². The van der Waals surface area contributed by atoms with Crippen molar-refractivity contribution in [3.05, 3.63) is 75.8 Å². The molecule has 1 aliphatic heterocycles. The maximum atomic E-state index is 12.8. The predicted octanol–water partition coefficient (Wildman–Crippen LogP) is 3.98. The molecule has 3 rings (SSSR count). The summed E-state index contributed by atoms with van der Waals surface area (Å²) in [6.45, 7) is 4.13. The van der Waals surface area contributed by atoms with E-state index in [1.807, 2.05) is 43.3 Å². The average Bonchev–Trinajstić information content (AvgIpc) is 2.71. The Balaban J connectivity index is 1.72. The first kappa shape index (κ1) is 20.0. The molecule has 0 atom stereocenters. The molecule has 2 aromatic rings. The molecule has 28 heavy (non-hydrogen) atoms. The Labute approximate surface area is 165 Å². The fraction of sp³-hybridized carbons (Fsp3) is 0.409. The van der Waals surface area contributed by atoms with Crippen LogP contribution in [-0.2, 0) is 22.5 Å². The Morgan fingerprint density at radius 2 is 1.75 bits per heavy atom. The molecule has 1 fully saturated rings. The van der Waals surface area contributed by atoms with E-state index in [-0.39, 0.29) is 16.6 Å². The molecule has 0 bridgehead atoms. The lowest BCUT2D eigenvalue weighted by Crippen LogP contribution is -2.46. The molecule has 0 radical (unpaired) electrons. The van der Waals surface area contributed by atoms with Crippen LogP contribution in [0.4, 0.5) is 5.69 Å². The topological polar surface area (TPSA) is 72.7 Å². The van der Waals surface area contributed by atoms with Gasteiger partial charge in [0.05, 0.1) is 16.9 Å². The molecule has 2 aromatic carbocycles. The van der Waals surface area contributed by atoms with Crippen LogP contribution in [0, 0.1) is 15.5 Å². The number of esters is 1. The van der Waals surface area contributed by atoms with E-state index in [1.54, 1.807) is 12.1 Å². The highest BCUT2D eigenvalue weighted by atomic mass is 16.6. The number of nitro groups is 1. The van der Waals surface area contributed by atoms with Crippen molar-refractivity contribution in [2.24, 2.45) is 5.41 Å². The lowest BCUT2D eigenvalue weighted by Gasteiger charge is -2.40. The Hall–Kier alpha value is -2.73. The largest absolute Gasteiger partial charge is 0.466 e. The smallest absolute Gasteiger partial charge is 0.312 e. The molecule has 0 spiro atoms. The van der Waals surface area contributed by atoms with Crippen molar-refractivity contribution in [2.75, 3.05) is 19.7 Å². The summed E-state index contributed by atoms with van der Waals surface area (Å²) < 4.78 is 5.41. The van der Waals surface area contributed by atoms with E-state index in [2.05, 4.69) is 4.90 Å². The third-order valence-corrected chi connectivity index (χ3v) is 5.49. The fourth-order valence-corrected chi connectivity index (χ4v) is 3.93. The Bertz CT molecular complexity index is 814. The maximum absolute atomic E-state index is 12.8. The van der Waals surface area contributed by atoms with Gasteiger partial charge in [0.15, 0.2) is 0 Å². The molecule has 0 unspecified atom stereocenters. The number of hydrogen-bond acceptors (Lipinski definition) is 5. The number of rotatable bonds is 7. The van der Waals surface area contributed by atoms with Crippen molar-refractivity contribution >= 4 is 11.7 Å². The molecule has 0 aromatic heterocycles. The van der Waals surface area contributed by atoms with Gasteiger partial charge in [0.2, 0.25) is 0 Å². The van der Waals surface area contributed by atoms with Crippen LogP contribution in [0.2, 0.25) is 0 Å². The highest BCUT2D eigenvalue weighted by Gasteiger charge is 2.42. The van der Waals surface area contributed by atoms with E-state index in [0.717, 1.165) is 5.56 Å². The van der Waals surface area contributed by atoms with Gasteiger partial charge in [0.1, 0.15) is 0 Å². The lowest BCUT2D eigenvalue weighted by atomic mass is 9.73. The van der Waals surface area contributed by atoms with Crippen molar-refractivity contribution in [2.45, 2.75) is 32.7 Å². The Kier molecular flexibility index (Phi) is 6.41. The summed E-state index contributed by atoms with van der Waals surface area (Å²) in [5, 5.41) is 11.3. The number of likely N-dealkylation sites (tertiary alicyclic amines) is 1. The van der Waals surface area contributed by atoms with Crippen LogP contribution in [-0.4, -0.2) is 35.5 Å². The normalized spacial score (nSPS) is 16.5. The molecule has 6 heteroatoms. The molecule has 148 valence electrons. The van der Waals surface area contributed by atoms with E-state index in [4.69, 9.17) is 4.74 Å². The molecule has 1 heterocycles. The minimum atomic E-state index is -0.531. The minimum absolute atomic E-state index is 0.135. The zero-order chi connectivity index (χ0) is 20.0. The van der Waals surface area contributed by atoms with Crippen molar-refractivity contribution in [1.82, 2.24) is 4.90 Å². The summed E-state index contributed by atoms with van der Waals surface area (Å²) in [6.07, 6.45) is 2.02. The van der Waals surface area contributed by atoms with E-state index in [0.29, 0.717) is 51.1 Å². The van der Waals surface area contributed by atoms with Crippen LogP contribution >= 0.6 is 0 Å². The van der Waals surface area contributed by atoms with E-state index < -0.39 is 5.41 Å². The van der Waals surface area contributed by atoms with Gasteiger partial charge in [-0.15, -0.1) is 0 Å². The molecule has 0 N–H and O–H groups in total. The number of carbonyl (C=O) groups excluding carboxylic acids is 1. The summed E-state index contributed by atoms with van der Waals surface area (Å²) in [5.41, 5.74) is 1.45. The molecular formula is C22H26N2O4. The first-order valence-corrected chi connectivity index (χ1v) is 9.70. The quantitative estimate of drug-likeness (QED) is 0.411. The zero-order valence-electron chi connectivity index (χ0n) is 16.2. The third-order valence-electron chi connectivity index (χ3n) is 5.49. The van der Waals surface area contributed by atoms with Crippen LogP contribution in [0.1, 0.15) is 30.9 Å². The predicted molar refractivity (Wildman–Crippen MR) is 107 cm³/mol. The molecule has 1 saturated heterocycles. The van der Waals surface area contributed by atoms with Crippen LogP contribution < -0.4 is 0 Å². The Morgan fingerprint density at radius 3 is 2.39 bits per heavy atom. The second-order valence-corrected chi connectivity index (χ2v) is 7.33. The van der Waals surface area contributed by atoms with Gasteiger partial charge in [0, 0.05) is 18.2 Å². The lowest BCUT2D eigenvalue weighted by molar-refractivity contribution is -0.385. The summed E-state index contributed by atoms with van der Waals surface area (Å²) in [5.74, 6) is -0.135. The highest BCUT2D eigenvalue weighted by Crippen LogP contribution is 2.37. The van der Waals surface area contributed by atoms with E-state index >= 15 is 0 Å². The van der Waals surface area contributed by atoms with E-state index in [1.165, 1.54) is 6.07 Å².